The van der Waals surface area contributed by atoms with Crippen LogP contribution in [-0.4, -0.2) is 59.6 Å². The Morgan fingerprint density at radius 3 is 2.89 bits per heavy atom. The molecule has 0 spiro atoms. The van der Waals surface area contributed by atoms with Crippen molar-refractivity contribution in [1.29, 1.82) is 0 Å². The van der Waals surface area contributed by atoms with E-state index in [1.165, 1.54) is 0 Å². The number of hydrogen-bond donors (Lipinski definition) is 2. The van der Waals surface area contributed by atoms with E-state index in [1.807, 2.05) is 12.1 Å². The van der Waals surface area contributed by atoms with Crippen LogP contribution in [0.2, 0.25) is 5.02 Å². The maximum Gasteiger partial charge on any atom is 0.0961 e. The minimum absolute atomic E-state index is 0.314. The molecule has 0 saturated carbocycles. The van der Waals surface area contributed by atoms with Gasteiger partial charge in [-0.25, -0.2) is 4.98 Å². The van der Waals surface area contributed by atoms with Crippen molar-refractivity contribution in [3.8, 4) is 0 Å². The first-order valence-corrected chi connectivity index (χ1v) is 7.46. The summed E-state index contributed by atoms with van der Waals surface area (Å²) in [5.74, 6) is 0.665. The lowest BCUT2D eigenvalue weighted by Gasteiger charge is -2.28. The molecule has 18 heavy (non-hydrogen) atoms. The summed E-state index contributed by atoms with van der Waals surface area (Å²) < 4.78 is 0. The van der Waals surface area contributed by atoms with Crippen LogP contribution in [0.3, 0.4) is 0 Å². The summed E-state index contributed by atoms with van der Waals surface area (Å²) >= 11 is 7.33. The van der Waals surface area contributed by atoms with Crippen molar-refractivity contribution < 1.29 is 5.11 Å². The molecule has 0 aliphatic carbocycles. The predicted molar refractivity (Wildman–Crippen MR) is 75.3 cm³/mol. The molecule has 1 saturated heterocycles. The molecule has 2 heterocycles. The van der Waals surface area contributed by atoms with E-state index in [1.54, 1.807) is 18.0 Å². The topological polar surface area (TPSA) is 48.4 Å². The number of thioether (sulfide) groups is 1. The zero-order chi connectivity index (χ0) is 12.8. The third-order valence-corrected chi connectivity index (χ3v) is 4.11. The molecule has 2 rings (SSSR count). The minimum atomic E-state index is -0.314. The van der Waals surface area contributed by atoms with Gasteiger partial charge in [-0.05, 0) is 12.1 Å². The molecule has 0 amide bonds. The molecule has 4 nitrogen and oxygen atoms in total. The largest absolute Gasteiger partial charge is 0.391 e. The number of hydrogen-bond acceptors (Lipinski definition) is 5. The van der Waals surface area contributed by atoms with Gasteiger partial charge in [-0.2, -0.15) is 0 Å². The van der Waals surface area contributed by atoms with E-state index >= 15 is 0 Å². The van der Waals surface area contributed by atoms with Gasteiger partial charge in [-0.15, -0.1) is 11.8 Å². The Kier molecular flexibility index (Phi) is 5.72. The standard InChI is InChI=1S/C12H18ClN3OS/c13-10-1-2-12(15-7-10)18-9-11(17)8-16-5-3-14-4-6-16/h1-2,7,11,14,17H,3-6,8-9H2. The molecule has 0 aromatic carbocycles. The van der Waals surface area contributed by atoms with Crippen LogP contribution in [0, 0.1) is 0 Å². The van der Waals surface area contributed by atoms with Crippen molar-refractivity contribution in [2.45, 2.75) is 11.1 Å². The van der Waals surface area contributed by atoms with Crippen molar-refractivity contribution in [2.75, 3.05) is 38.5 Å². The summed E-state index contributed by atoms with van der Waals surface area (Å²) in [7, 11) is 0. The molecule has 1 fully saturated rings. The number of halogens is 1. The van der Waals surface area contributed by atoms with E-state index in [-0.39, 0.29) is 6.10 Å². The van der Waals surface area contributed by atoms with Crippen LogP contribution in [0.5, 0.6) is 0 Å². The fraction of sp³-hybridized carbons (Fsp3) is 0.583. The highest BCUT2D eigenvalue weighted by molar-refractivity contribution is 7.99. The lowest BCUT2D eigenvalue weighted by Crippen LogP contribution is -2.46. The van der Waals surface area contributed by atoms with Gasteiger partial charge in [0.05, 0.1) is 16.2 Å². The molecule has 1 aliphatic heterocycles. The fourth-order valence-corrected chi connectivity index (χ4v) is 2.75. The van der Waals surface area contributed by atoms with Crippen molar-refractivity contribution in [1.82, 2.24) is 15.2 Å². The van der Waals surface area contributed by atoms with E-state index in [0.717, 1.165) is 37.7 Å². The second-order valence-corrected chi connectivity index (χ2v) is 5.81. The molecule has 1 unspecified atom stereocenters. The Morgan fingerprint density at radius 1 is 1.44 bits per heavy atom. The van der Waals surface area contributed by atoms with Crippen molar-refractivity contribution in [3.63, 3.8) is 0 Å². The minimum Gasteiger partial charge on any atom is -0.391 e. The summed E-state index contributed by atoms with van der Waals surface area (Å²) in [5.41, 5.74) is 0. The normalized spacial score (nSPS) is 18.8. The molecule has 0 bridgehead atoms. The van der Waals surface area contributed by atoms with Crippen LogP contribution >= 0.6 is 23.4 Å². The highest BCUT2D eigenvalue weighted by atomic mass is 35.5. The first-order valence-electron chi connectivity index (χ1n) is 6.09. The molecule has 0 radical (unpaired) electrons. The van der Waals surface area contributed by atoms with Crippen LogP contribution in [0.15, 0.2) is 23.4 Å². The number of rotatable bonds is 5. The average Bonchev–Trinajstić information content (AvgIpc) is 2.39. The van der Waals surface area contributed by atoms with Crippen molar-refractivity contribution >= 4 is 23.4 Å². The Morgan fingerprint density at radius 2 is 2.22 bits per heavy atom. The first-order chi connectivity index (χ1) is 8.74. The highest BCUT2D eigenvalue weighted by Gasteiger charge is 2.14. The van der Waals surface area contributed by atoms with Gasteiger partial charge in [0, 0.05) is 44.7 Å². The van der Waals surface area contributed by atoms with Crippen LogP contribution in [0.25, 0.3) is 0 Å². The summed E-state index contributed by atoms with van der Waals surface area (Å²) in [6.45, 7) is 4.79. The van der Waals surface area contributed by atoms with Gasteiger partial charge in [-0.3, -0.25) is 4.90 Å². The van der Waals surface area contributed by atoms with E-state index in [9.17, 15) is 5.11 Å². The van der Waals surface area contributed by atoms with Crippen LogP contribution in [-0.2, 0) is 0 Å². The van der Waals surface area contributed by atoms with Crippen LogP contribution in [0.1, 0.15) is 0 Å². The molecule has 1 atom stereocenters. The SMILES string of the molecule is OC(CSc1ccc(Cl)cn1)CN1CCNCC1. The fourth-order valence-electron chi connectivity index (χ4n) is 1.87. The molecule has 100 valence electrons. The van der Waals surface area contributed by atoms with Gasteiger partial charge < -0.3 is 10.4 Å². The Hall–Kier alpha value is -0.330. The highest BCUT2D eigenvalue weighted by Crippen LogP contribution is 2.18. The average molecular weight is 288 g/mol. The lowest BCUT2D eigenvalue weighted by atomic mass is 10.3. The number of β-amino-alcohol motifs (C(OH)–C–C–N with tert-alkyl or cyclic N) is 1. The summed E-state index contributed by atoms with van der Waals surface area (Å²) in [5, 5.41) is 14.8. The number of piperazine rings is 1. The number of nitrogens with zero attached hydrogens (tertiary/aromatic N) is 2. The third-order valence-electron chi connectivity index (χ3n) is 2.80. The third kappa shape index (κ3) is 4.74. The van der Waals surface area contributed by atoms with E-state index in [4.69, 9.17) is 11.6 Å². The van der Waals surface area contributed by atoms with Crippen LogP contribution < -0.4 is 5.32 Å². The lowest BCUT2D eigenvalue weighted by molar-refractivity contribution is 0.121. The van der Waals surface area contributed by atoms with Crippen molar-refractivity contribution in [2.24, 2.45) is 0 Å². The molecular formula is C12H18ClN3OS. The number of pyridine rings is 1. The van der Waals surface area contributed by atoms with E-state index < -0.39 is 0 Å². The van der Waals surface area contributed by atoms with E-state index in [2.05, 4.69) is 15.2 Å². The molecular weight excluding hydrogens is 270 g/mol. The van der Waals surface area contributed by atoms with Gasteiger partial charge in [-0.1, -0.05) is 11.6 Å². The zero-order valence-electron chi connectivity index (χ0n) is 10.2. The Labute approximate surface area is 117 Å². The number of aliphatic hydroxyl groups excluding tert-OH is 1. The number of aliphatic hydroxyl groups is 1. The van der Waals surface area contributed by atoms with E-state index in [0.29, 0.717) is 10.8 Å². The van der Waals surface area contributed by atoms with Gasteiger partial charge in [0.15, 0.2) is 0 Å². The van der Waals surface area contributed by atoms with Gasteiger partial charge in [0.25, 0.3) is 0 Å². The predicted octanol–water partition coefficient (Wildman–Crippen LogP) is 1.09. The summed E-state index contributed by atoms with van der Waals surface area (Å²) in [6, 6.07) is 3.70. The first kappa shape index (κ1) is 14.1. The Bertz CT molecular complexity index is 357. The quantitative estimate of drug-likeness (QED) is 0.794. The Balaban J connectivity index is 1.70. The van der Waals surface area contributed by atoms with Crippen molar-refractivity contribution in [3.05, 3.63) is 23.4 Å². The monoisotopic (exact) mass is 287 g/mol. The molecule has 1 aliphatic rings. The maximum absolute atomic E-state index is 9.98. The van der Waals surface area contributed by atoms with Gasteiger partial charge in [0.2, 0.25) is 0 Å². The molecule has 1 aromatic heterocycles. The number of nitrogens with one attached hydrogen (secondary N) is 1. The second-order valence-electron chi connectivity index (χ2n) is 4.33. The molecule has 1 aromatic rings. The number of aromatic nitrogens is 1. The molecule has 2 N–H and O–H groups in total. The second kappa shape index (κ2) is 7.31. The van der Waals surface area contributed by atoms with Gasteiger partial charge >= 0.3 is 0 Å². The summed E-state index contributed by atoms with van der Waals surface area (Å²) in [6.07, 6.45) is 1.32. The van der Waals surface area contributed by atoms with Crippen LogP contribution in [0.4, 0.5) is 0 Å². The zero-order valence-corrected chi connectivity index (χ0v) is 11.8. The molecule has 6 heteroatoms. The summed E-state index contributed by atoms with van der Waals surface area (Å²) in [4.78, 5) is 6.48. The van der Waals surface area contributed by atoms with Gasteiger partial charge in [0.1, 0.15) is 0 Å². The maximum atomic E-state index is 9.98. The smallest absolute Gasteiger partial charge is 0.0961 e.